The number of aliphatic hydroxyl groups is 1. The molecular weight excluding hydrogens is 359 g/mol. The Morgan fingerprint density at radius 3 is 2.82 bits per heavy atom. The van der Waals surface area contributed by atoms with E-state index in [1.807, 2.05) is 6.07 Å². The number of fused-ring (bicyclic) bond motifs is 5. The summed E-state index contributed by atoms with van der Waals surface area (Å²) in [7, 11) is 0. The van der Waals surface area contributed by atoms with Crippen molar-refractivity contribution in [2.24, 2.45) is 5.41 Å². The summed E-state index contributed by atoms with van der Waals surface area (Å²) in [5.41, 5.74) is 2.85. The Balaban J connectivity index is 1.60. The molecule has 3 aromatic rings. The van der Waals surface area contributed by atoms with Crippen LogP contribution >= 0.6 is 0 Å². The standard InChI is InChI=1S/C21H21FN4O2/c1-20(2)14-7-8-21(20,10-17-23-18(11-27)28-26-17)19-13(14)9-16(24-25-19)12-5-3-4-6-15(12)22/h3-6,9,14,27H,7-8,10-11H2,1-2H3. The summed E-state index contributed by atoms with van der Waals surface area (Å²) in [6, 6.07) is 8.65. The van der Waals surface area contributed by atoms with Crippen LogP contribution in [-0.4, -0.2) is 25.4 Å². The third-order valence-corrected chi connectivity index (χ3v) is 6.87. The van der Waals surface area contributed by atoms with E-state index in [2.05, 4.69) is 34.2 Å². The maximum absolute atomic E-state index is 14.3. The molecule has 6 nitrogen and oxygen atoms in total. The normalized spacial score (nSPS) is 24.5. The molecular formula is C21H21FN4O2. The summed E-state index contributed by atoms with van der Waals surface area (Å²) in [5, 5.41) is 22.2. The van der Waals surface area contributed by atoms with E-state index in [0.717, 1.165) is 24.1 Å². The predicted octanol–water partition coefficient (Wildman–Crippen LogP) is 3.56. The van der Waals surface area contributed by atoms with E-state index < -0.39 is 0 Å². The summed E-state index contributed by atoms with van der Waals surface area (Å²) >= 11 is 0. The fourth-order valence-electron chi connectivity index (χ4n) is 5.32. The van der Waals surface area contributed by atoms with Crippen LogP contribution in [0.4, 0.5) is 4.39 Å². The van der Waals surface area contributed by atoms with Gasteiger partial charge in [0.2, 0.25) is 0 Å². The Morgan fingerprint density at radius 2 is 2.07 bits per heavy atom. The quantitative estimate of drug-likeness (QED) is 0.745. The maximum Gasteiger partial charge on any atom is 0.252 e. The molecule has 2 atom stereocenters. The summed E-state index contributed by atoms with van der Waals surface area (Å²) < 4.78 is 19.3. The van der Waals surface area contributed by atoms with Crippen molar-refractivity contribution in [2.45, 2.75) is 51.0 Å². The van der Waals surface area contributed by atoms with Gasteiger partial charge in [-0.3, -0.25) is 0 Å². The molecule has 28 heavy (non-hydrogen) atoms. The van der Waals surface area contributed by atoms with Crippen molar-refractivity contribution in [1.82, 2.24) is 20.3 Å². The highest BCUT2D eigenvalue weighted by molar-refractivity contribution is 5.62. The van der Waals surface area contributed by atoms with Gasteiger partial charge >= 0.3 is 0 Å². The molecule has 2 unspecified atom stereocenters. The van der Waals surface area contributed by atoms with E-state index in [1.165, 1.54) is 6.07 Å². The van der Waals surface area contributed by atoms with Crippen LogP contribution in [0.15, 0.2) is 34.9 Å². The first-order valence-electron chi connectivity index (χ1n) is 9.51. The van der Waals surface area contributed by atoms with Crippen LogP contribution in [0.3, 0.4) is 0 Å². The largest absolute Gasteiger partial charge is 0.387 e. The molecule has 2 bridgehead atoms. The van der Waals surface area contributed by atoms with Crippen LogP contribution in [0, 0.1) is 11.2 Å². The van der Waals surface area contributed by atoms with Gasteiger partial charge in [-0.1, -0.05) is 31.1 Å². The minimum atomic E-state index is -0.294. The highest BCUT2D eigenvalue weighted by Crippen LogP contribution is 2.68. The van der Waals surface area contributed by atoms with Gasteiger partial charge in [-0.05, 0) is 47.9 Å². The molecule has 5 rings (SSSR count). The van der Waals surface area contributed by atoms with E-state index in [-0.39, 0.29) is 29.1 Å². The minimum Gasteiger partial charge on any atom is -0.387 e. The number of benzene rings is 1. The van der Waals surface area contributed by atoms with Crippen LogP contribution < -0.4 is 0 Å². The second-order valence-electron chi connectivity index (χ2n) is 8.35. The molecule has 2 heterocycles. The Kier molecular flexibility index (Phi) is 3.68. The lowest BCUT2D eigenvalue weighted by molar-refractivity contribution is 0.198. The zero-order valence-electron chi connectivity index (χ0n) is 15.8. The molecule has 7 heteroatoms. The summed E-state index contributed by atoms with van der Waals surface area (Å²) in [4.78, 5) is 4.29. The van der Waals surface area contributed by atoms with Crippen LogP contribution in [0.2, 0.25) is 0 Å². The maximum atomic E-state index is 14.3. The molecule has 0 aliphatic heterocycles. The van der Waals surface area contributed by atoms with Crippen molar-refractivity contribution in [3.8, 4) is 11.3 Å². The zero-order chi connectivity index (χ0) is 19.5. The molecule has 1 fully saturated rings. The first kappa shape index (κ1) is 17.4. The van der Waals surface area contributed by atoms with Crippen LogP contribution in [0.5, 0.6) is 0 Å². The molecule has 1 saturated carbocycles. The van der Waals surface area contributed by atoms with Gasteiger partial charge < -0.3 is 9.63 Å². The number of nitrogens with zero attached hydrogens (tertiary/aromatic N) is 4. The van der Waals surface area contributed by atoms with Crippen molar-refractivity contribution < 1.29 is 14.0 Å². The molecule has 1 aromatic carbocycles. The topological polar surface area (TPSA) is 84.9 Å². The van der Waals surface area contributed by atoms with Gasteiger partial charge in [-0.15, -0.1) is 0 Å². The fraction of sp³-hybridized carbons (Fsp3) is 0.429. The number of hydrogen-bond acceptors (Lipinski definition) is 6. The second kappa shape index (κ2) is 5.91. The molecule has 2 aliphatic carbocycles. The second-order valence-corrected chi connectivity index (χ2v) is 8.35. The van der Waals surface area contributed by atoms with Gasteiger partial charge in [-0.2, -0.15) is 15.2 Å². The molecule has 144 valence electrons. The SMILES string of the molecule is CC1(C)C2CCC1(Cc1noc(CO)n1)c1nnc(-c3ccccc3F)cc12. The highest BCUT2D eigenvalue weighted by atomic mass is 19.1. The van der Waals surface area contributed by atoms with Crippen LogP contribution in [-0.2, 0) is 18.4 Å². The van der Waals surface area contributed by atoms with Crippen molar-refractivity contribution in [2.75, 3.05) is 0 Å². The summed E-state index contributed by atoms with van der Waals surface area (Å²) in [6.45, 7) is 4.23. The highest BCUT2D eigenvalue weighted by Gasteiger charge is 2.63. The van der Waals surface area contributed by atoms with Crippen LogP contribution in [0.1, 0.15) is 55.6 Å². The third-order valence-electron chi connectivity index (χ3n) is 6.87. The molecule has 1 N–H and O–H groups in total. The predicted molar refractivity (Wildman–Crippen MR) is 98.8 cm³/mol. The van der Waals surface area contributed by atoms with E-state index in [4.69, 9.17) is 4.52 Å². The Labute approximate surface area is 161 Å². The van der Waals surface area contributed by atoms with Gasteiger partial charge in [0, 0.05) is 17.4 Å². The van der Waals surface area contributed by atoms with Crippen molar-refractivity contribution in [3.63, 3.8) is 0 Å². The van der Waals surface area contributed by atoms with Crippen molar-refractivity contribution >= 4 is 0 Å². The molecule has 0 saturated heterocycles. The number of rotatable bonds is 4. The van der Waals surface area contributed by atoms with Gasteiger partial charge in [0.25, 0.3) is 5.89 Å². The number of hydrogen-bond donors (Lipinski definition) is 1. The first-order valence-corrected chi connectivity index (χ1v) is 9.51. The summed E-state index contributed by atoms with van der Waals surface area (Å²) in [6.07, 6.45) is 2.59. The van der Waals surface area contributed by atoms with E-state index in [9.17, 15) is 9.50 Å². The van der Waals surface area contributed by atoms with E-state index in [0.29, 0.717) is 29.4 Å². The third kappa shape index (κ3) is 2.22. The summed E-state index contributed by atoms with van der Waals surface area (Å²) in [5.74, 6) is 0.827. The molecule has 0 radical (unpaired) electrons. The lowest BCUT2D eigenvalue weighted by Crippen LogP contribution is -2.38. The number of aliphatic hydroxyl groups excluding tert-OH is 1. The fourth-order valence-corrected chi connectivity index (χ4v) is 5.32. The van der Waals surface area contributed by atoms with Gasteiger partial charge in [-0.25, -0.2) is 4.39 Å². The average Bonchev–Trinajstić information content (AvgIpc) is 3.29. The van der Waals surface area contributed by atoms with Crippen LogP contribution in [0.25, 0.3) is 11.3 Å². The Bertz CT molecular complexity index is 1060. The van der Waals surface area contributed by atoms with Gasteiger partial charge in [0.1, 0.15) is 12.4 Å². The molecule has 0 amide bonds. The number of halogens is 1. The molecule has 0 spiro atoms. The smallest absolute Gasteiger partial charge is 0.252 e. The molecule has 2 aliphatic rings. The number of aromatic nitrogens is 4. The Morgan fingerprint density at radius 1 is 1.25 bits per heavy atom. The van der Waals surface area contributed by atoms with Gasteiger partial charge in [0.15, 0.2) is 5.82 Å². The van der Waals surface area contributed by atoms with Crippen molar-refractivity contribution in [3.05, 3.63) is 59.1 Å². The van der Waals surface area contributed by atoms with Crippen molar-refractivity contribution in [1.29, 1.82) is 0 Å². The Hall–Kier alpha value is -2.67. The van der Waals surface area contributed by atoms with E-state index >= 15 is 0 Å². The minimum absolute atomic E-state index is 0.0577. The molecule has 2 aromatic heterocycles. The van der Waals surface area contributed by atoms with Gasteiger partial charge in [0.05, 0.1) is 11.4 Å². The lowest BCUT2D eigenvalue weighted by Gasteiger charge is -2.37. The monoisotopic (exact) mass is 380 g/mol. The average molecular weight is 380 g/mol. The lowest BCUT2D eigenvalue weighted by atomic mass is 9.66. The zero-order valence-corrected chi connectivity index (χ0v) is 15.8. The van der Waals surface area contributed by atoms with E-state index in [1.54, 1.807) is 18.2 Å². The first-order chi connectivity index (χ1) is 13.5.